The predicted molar refractivity (Wildman–Crippen MR) is 94.2 cm³/mol. The lowest BCUT2D eigenvalue weighted by atomic mass is 10.1. The average molecular weight is 336 g/mol. The number of aromatic nitrogens is 3. The van der Waals surface area contributed by atoms with Crippen molar-refractivity contribution in [2.45, 2.75) is 25.9 Å². The molecule has 0 aliphatic rings. The van der Waals surface area contributed by atoms with Crippen molar-refractivity contribution in [3.05, 3.63) is 72.8 Å². The van der Waals surface area contributed by atoms with Gasteiger partial charge in [-0.05, 0) is 25.1 Å². The normalized spacial score (nSPS) is 11.7. The Labute approximate surface area is 146 Å². The van der Waals surface area contributed by atoms with E-state index >= 15 is 0 Å². The van der Waals surface area contributed by atoms with Gasteiger partial charge >= 0.3 is 0 Å². The Morgan fingerprint density at radius 3 is 2.68 bits per heavy atom. The number of aryl methyl sites for hydroxylation is 1. The Bertz CT molecular complexity index is 803. The van der Waals surface area contributed by atoms with E-state index in [1.54, 1.807) is 11.0 Å². The van der Waals surface area contributed by atoms with Crippen LogP contribution in [0.3, 0.4) is 0 Å². The van der Waals surface area contributed by atoms with Gasteiger partial charge in [0.2, 0.25) is 5.91 Å². The van der Waals surface area contributed by atoms with Crippen LogP contribution in [-0.4, -0.2) is 20.7 Å². The SMILES string of the molecule is CC(NC(=O)CCn1cncn1)c1ccccc1Oc1ccccc1. The molecule has 1 N–H and O–H groups in total. The Hall–Kier alpha value is -3.15. The van der Waals surface area contributed by atoms with Crippen LogP contribution in [0.25, 0.3) is 0 Å². The quantitative estimate of drug-likeness (QED) is 0.718. The number of carbonyl (C=O) groups is 1. The second kappa shape index (κ2) is 8.10. The summed E-state index contributed by atoms with van der Waals surface area (Å²) in [5, 5.41) is 7.00. The van der Waals surface area contributed by atoms with Crippen molar-refractivity contribution >= 4 is 5.91 Å². The molecule has 6 heteroatoms. The van der Waals surface area contributed by atoms with Crippen LogP contribution in [0, 0.1) is 0 Å². The summed E-state index contributed by atoms with van der Waals surface area (Å²) in [5.41, 5.74) is 0.931. The summed E-state index contributed by atoms with van der Waals surface area (Å²) >= 11 is 0. The number of rotatable bonds is 7. The highest BCUT2D eigenvalue weighted by molar-refractivity contribution is 5.76. The highest BCUT2D eigenvalue weighted by Gasteiger charge is 2.14. The molecule has 1 atom stereocenters. The Balaban J connectivity index is 1.63. The summed E-state index contributed by atoms with van der Waals surface area (Å²) in [6.07, 6.45) is 3.40. The molecule has 3 rings (SSSR count). The van der Waals surface area contributed by atoms with E-state index in [-0.39, 0.29) is 11.9 Å². The molecule has 1 amide bonds. The molecule has 1 unspecified atom stereocenters. The molecule has 25 heavy (non-hydrogen) atoms. The van der Waals surface area contributed by atoms with Crippen LogP contribution in [0.4, 0.5) is 0 Å². The summed E-state index contributed by atoms with van der Waals surface area (Å²) in [6.45, 7) is 2.45. The van der Waals surface area contributed by atoms with E-state index in [9.17, 15) is 4.79 Å². The summed E-state index contributed by atoms with van der Waals surface area (Å²) in [5.74, 6) is 1.45. The molecular formula is C19H20N4O2. The first-order chi connectivity index (χ1) is 12.2. The number of nitrogens with zero attached hydrogens (tertiary/aromatic N) is 3. The lowest BCUT2D eigenvalue weighted by Crippen LogP contribution is -2.27. The second-order valence-electron chi connectivity index (χ2n) is 5.65. The van der Waals surface area contributed by atoms with Gasteiger partial charge in [0, 0.05) is 12.0 Å². The highest BCUT2D eigenvalue weighted by Crippen LogP contribution is 2.29. The van der Waals surface area contributed by atoms with Crippen LogP contribution in [-0.2, 0) is 11.3 Å². The number of benzene rings is 2. The van der Waals surface area contributed by atoms with Gasteiger partial charge in [0.05, 0.1) is 12.6 Å². The number of nitrogens with one attached hydrogen (secondary N) is 1. The van der Waals surface area contributed by atoms with Crippen LogP contribution in [0.15, 0.2) is 67.3 Å². The fourth-order valence-corrected chi connectivity index (χ4v) is 2.50. The number of hydrogen-bond acceptors (Lipinski definition) is 4. The topological polar surface area (TPSA) is 69.0 Å². The van der Waals surface area contributed by atoms with Crippen molar-refractivity contribution in [2.24, 2.45) is 0 Å². The molecule has 0 saturated heterocycles. The smallest absolute Gasteiger partial charge is 0.222 e. The summed E-state index contributed by atoms with van der Waals surface area (Å²) in [4.78, 5) is 16.0. The van der Waals surface area contributed by atoms with Crippen molar-refractivity contribution in [1.82, 2.24) is 20.1 Å². The maximum absolute atomic E-state index is 12.2. The van der Waals surface area contributed by atoms with E-state index in [0.717, 1.165) is 17.1 Å². The average Bonchev–Trinajstić information content (AvgIpc) is 3.15. The third kappa shape index (κ3) is 4.67. The first-order valence-corrected chi connectivity index (χ1v) is 8.16. The molecule has 1 aromatic heterocycles. The predicted octanol–water partition coefficient (Wildman–Crippen LogP) is 3.34. The maximum Gasteiger partial charge on any atom is 0.222 e. The zero-order chi connectivity index (χ0) is 17.5. The fraction of sp³-hybridized carbons (Fsp3) is 0.211. The second-order valence-corrected chi connectivity index (χ2v) is 5.65. The zero-order valence-corrected chi connectivity index (χ0v) is 14.0. The van der Waals surface area contributed by atoms with Crippen LogP contribution in [0.2, 0.25) is 0 Å². The molecule has 0 spiro atoms. The molecule has 0 saturated carbocycles. The minimum atomic E-state index is -0.164. The number of hydrogen-bond donors (Lipinski definition) is 1. The summed E-state index contributed by atoms with van der Waals surface area (Å²) in [6, 6.07) is 17.1. The van der Waals surface area contributed by atoms with Crippen molar-refractivity contribution in [3.63, 3.8) is 0 Å². The number of amides is 1. The van der Waals surface area contributed by atoms with E-state index in [0.29, 0.717) is 13.0 Å². The molecule has 0 aliphatic heterocycles. The van der Waals surface area contributed by atoms with E-state index in [1.807, 2.05) is 61.5 Å². The molecule has 3 aromatic rings. The summed E-state index contributed by atoms with van der Waals surface area (Å²) in [7, 11) is 0. The van der Waals surface area contributed by atoms with Gasteiger partial charge in [-0.1, -0.05) is 36.4 Å². The third-order valence-corrected chi connectivity index (χ3v) is 3.77. The van der Waals surface area contributed by atoms with E-state index < -0.39 is 0 Å². The van der Waals surface area contributed by atoms with Crippen LogP contribution in [0.5, 0.6) is 11.5 Å². The van der Waals surface area contributed by atoms with Crippen molar-refractivity contribution in [3.8, 4) is 11.5 Å². The van der Waals surface area contributed by atoms with Gasteiger partial charge in [0.25, 0.3) is 0 Å². The minimum absolute atomic E-state index is 0.0440. The Morgan fingerprint density at radius 2 is 1.92 bits per heavy atom. The van der Waals surface area contributed by atoms with Crippen LogP contribution >= 0.6 is 0 Å². The highest BCUT2D eigenvalue weighted by atomic mass is 16.5. The monoisotopic (exact) mass is 336 g/mol. The number of carbonyl (C=O) groups excluding carboxylic acids is 1. The van der Waals surface area contributed by atoms with Gasteiger partial charge in [0.15, 0.2) is 0 Å². The third-order valence-electron chi connectivity index (χ3n) is 3.77. The van der Waals surface area contributed by atoms with Gasteiger partial charge in [-0.2, -0.15) is 5.10 Å². The van der Waals surface area contributed by atoms with Gasteiger partial charge < -0.3 is 10.1 Å². The lowest BCUT2D eigenvalue weighted by molar-refractivity contribution is -0.122. The first-order valence-electron chi connectivity index (χ1n) is 8.16. The van der Waals surface area contributed by atoms with Crippen molar-refractivity contribution in [1.29, 1.82) is 0 Å². The molecule has 6 nitrogen and oxygen atoms in total. The van der Waals surface area contributed by atoms with Gasteiger partial charge in [-0.25, -0.2) is 4.98 Å². The molecule has 0 radical (unpaired) electrons. The molecule has 1 heterocycles. The summed E-state index contributed by atoms with van der Waals surface area (Å²) < 4.78 is 7.59. The Morgan fingerprint density at radius 1 is 1.16 bits per heavy atom. The van der Waals surface area contributed by atoms with E-state index in [1.165, 1.54) is 6.33 Å². The van der Waals surface area contributed by atoms with Gasteiger partial charge in [-0.15, -0.1) is 0 Å². The minimum Gasteiger partial charge on any atom is -0.457 e. The Kier molecular flexibility index (Phi) is 5.41. The van der Waals surface area contributed by atoms with Gasteiger partial charge in [-0.3, -0.25) is 9.48 Å². The molecule has 0 fully saturated rings. The fourth-order valence-electron chi connectivity index (χ4n) is 2.50. The first kappa shape index (κ1) is 16.7. The number of para-hydroxylation sites is 2. The molecular weight excluding hydrogens is 316 g/mol. The molecule has 2 aromatic carbocycles. The lowest BCUT2D eigenvalue weighted by Gasteiger charge is -2.18. The van der Waals surface area contributed by atoms with Crippen LogP contribution < -0.4 is 10.1 Å². The largest absolute Gasteiger partial charge is 0.457 e. The van der Waals surface area contributed by atoms with Gasteiger partial charge in [0.1, 0.15) is 24.2 Å². The van der Waals surface area contributed by atoms with E-state index in [4.69, 9.17) is 4.74 Å². The van der Waals surface area contributed by atoms with Crippen molar-refractivity contribution < 1.29 is 9.53 Å². The van der Waals surface area contributed by atoms with Crippen LogP contribution in [0.1, 0.15) is 24.9 Å². The zero-order valence-electron chi connectivity index (χ0n) is 14.0. The standard InChI is InChI=1S/C19H20N4O2/c1-15(22-19(24)11-12-23-14-20-13-21-23)17-9-5-6-10-18(17)25-16-7-3-2-4-8-16/h2-10,13-15H,11-12H2,1H3,(H,22,24). The molecule has 0 bridgehead atoms. The number of ether oxygens (including phenoxy) is 1. The maximum atomic E-state index is 12.2. The molecule has 0 aliphatic carbocycles. The molecule has 128 valence electrons. The van der Waals surface area contributed by atoms with E-state index in [2.05, 4.69) is 15.4 Å². The van der Waals surface area contributed by atoms with Crippen molar-refractivity contribution in [2.75, 3.05) is 0 Å².